The first kappa shape index (κ1) is 15.4. The first-order valence-electron chi connectivity index (χ1n) is 7.34. The van der Waals surface area contributed by atoms with Crippen molar-refractivity contribution in [1.82, 2.24) is 10.2 Å². The molecule has 21 heavy (non-hydrogen) atoms. The SMILES string of the molecule is CC(NCCC(=O)N1CCCC1)c1ccccc1[N+](=O)[O-]. The predicted octanol–water partition coefficient (Wildman–Crippen LogP) is 2.26. The molecule has 2 rings (SSSR count). The average molecular weight is 291 g/mol. The van der Waals surface area contributed by atoms with Crippen LogP contribution in [0.4, 0.5) is 5.69 Å². The van der Waals surface area contributed by atoms with Gasteiger partial charge in [0.25, 0.3) is 5.69 Å². The number of likely N-dealkylation sites (tertiary alicyclic amines) is 1. The van der Waals surface area contributed by atoms with Crippen LogP contribution in [0.15, 0.2) is 24.3 Å². The molecule has 6 nitrogen and oxygen atoms in total. The van der Waals surface area contributed by atoms with E-state index in [4.69, 9.17) is 0 Å². The summed E-state index contributed by atoms with van der Waals surface area (Å²) in [7, 11) is 0. The van der Waals surface area contributed by atoms with Crippen LogP contribution in [0.1, 0.15) is 37.8 Å². The maximum Gasteiger partial charge on any atom is 0.274 e. The zero-order valence-corrected chi connectivity index (χ0v) is 12.2. The van der Waals surface area contributed by atoms with Crippen LogP contribution in [0.5, 0.6) is 0 Å². The second-order valence-corrected chi connectivity index (χ2v) is 5.33. The summed E-state index contributed by atoms with van der Waals surface area (Å²) in [6.45, 7) is 4.13. The van der Waals surface area contributed by atoms with E-state index in [1.165, 1.54) is 6.07 Å². The predicted molar refractivity (Wildman–Crippen MR) is 79.9 cm³/mol. The summed E-state index contributed by atoms with van der Waals surface area (Å²) in [5.74, 6) is 0.162. The zero-order chi connectivity index (χ0) is 15.2. The Hall–Kier alpha value is -1.95. The van der Waals surface area contributed by atoms with Crippen molar-refractivity contribution in [2.45, 2.75) is 32.2 Å². The van der Waals surface area contributed by atoms with Gasteiger partial charge in [0.05, 0.1) is 4.92 Å². The van der Waals surface area contributed by atoms with Crippen molar-refractivity contribution in [2.75, 3.05) is 19.6 Å². The number of benzene rings is 1. The summed E-state index contributed by atoms with van der Waals surface area (Å²) in [4.78, 5) is 24.4. The maximum atomic E-state index is 11.9. The van der Waals surface area contributed by atoms with Gasteiger partial charge >= 0.3 is 0 Å². The highest BCUT2D eigenvalue weighted by molar-refractivity contribution is 5.76. The lowest BCUT2D eigenvalue weighted by Crippen LogP contribution is -2.31. The second kappa shape index (κ2) is 7.17. The van der Waals surface area contributed by atoms with E-state index in [2.05, 4.69) is 5.32 Å². The largest absolute Gasteiger partial charge is 0.343 e. The van der Waals surface area contributed by atoms with E-state index in [1.807, 2.05) is 11.8 Å². The van der Waals surface area contributed by atoms with Crippen molar-refractivity contribution < 1.29 is 9.72 Å². The number of para-hydroxylation sites is 1. The molecule has 1 saturated heterocycles. The molecule has 1 heterocycles. The van der Waals surface area contributed by atoms with E-state index in [1.54, 1.807) is 18.2 Å². The summed E-state index contributed by atoms with van der Waals surface area (Å²) >= 11 is 0. The van der Waals surface area contributed by atoms with Crippen molar-refractivity contribution in [3.8, 4) is 0 Å². The van der Waals surface area contributed by atoms with Crippen molar-refractivity contribution in [1.29, 1.82) is 0 Å². The molecule has 1 aliphatic heterocycles. The number of nitrogens with one attached hydrogen (secondary N) is 1. The number of carbonyl (C=O) groups excluding carboxylic acids is 1. The van der Waals surface area contributed by atoms with Gasteiger partial charge in [-0.05, 0) is 19.8 Å². The molecular formula is C15H21N3O3. The summed E-state index contributed by atoms with van der Waals surface area (Å²) in [6.07, 6.45) is 2.61. The fourth-order valence-corrected chi connectivity index (χ4v) is 2.65. The first-order chi connectivity index (χ1) is 10.1. The summed E-state index contributed by atoms with van der Waals surface area (Å²) < 4.78 is 0. The van der Waals surface area contributed by atoms with Crippen molar-refractivity contribution >= 4 is 11.6 Å². The fraction of sp³-hybridized carbons (Fsp3) is 0.533. The Labute approximate surface area is 124 Å². The number of amides is 1. The monoisotopic (exact) mass is 291 g/mol. The average Bonchev–Trinajstić information content (AvgIpc) is 3.01. The van der Waals surface area contributed by atoms with Crippen LogP contribution in [0, 0.1) is 10.1 Å². The molecule has 1 N–H and O–H groups in total. The van der Waals surface area contributed by atoms with Crippen molar-refractivity contribution in [2.24, 2.45) is 0 Å². The van der Waals surface area contributed by atoms with Crippen LogP contribution in [0.2, 0.25) is 0 Å². The third-order valence-electron chi connectivity index (χ3n) is 3.85. The molecular weight excluding hydrogens is 270 g/mol. The molecule has 114 valence electrons. The van der Waals surface area contributed by atoms with E-state index in [0.29, 0.717) is 18.5 Å². The molecule has 0 bridgehead atoms. The maximum absolute atomic E-state index is 11.9. The van der Waals surface area contributed by atoms with Crippen LogP contribution < -0.4 is 5.32 Å². The Kier molecular flexibility index (Phi) is 5.27. The molecule has 1 unspecified atom stereocenters. The normalized spacial score (nSPS) is 16.0. The van der Waals surface area contributed by atoms with Gasteiger partial charge in [0.15, 0.2) is 0 Å². The van der Waals surface area contributed by atoms with Gasteiger partial charge in [-0.1, -0.05) is 18.2 Å². The molecule has 1 fully saturated rings. The highest BCUT2D eigenvalue weighted by atomic mass is 16.6. The minimum Gasteiger partial charge on any atom is -0.343 e. The lowest BCUT2D eigenvalue weighted by atomic mass is 10.1. The van der Waals surface area contributed by atoms with E-state index in [-0.39, 0.29) is 22.6 Å². The van der Waals surface area contributed by atoms with Gasteiger partial charge in [0.2, 0.25) is 5.91 Å². The second-order valence-electron chi connectivity index (χ2n) is 5.33. The van der Waals surface area contributed by atoms with Crippen LogP contribution in [-0.4, -0.2) is 35.4 Å². The molecule has 1 atom stereocenters. The molecule has 0 spiro atoms. The Bertz CT molecular complexity index is 513. The minimum atomic E-state index is -0.372. The van der Waals surface area contributed by atoms with Crippen molar-refractivity contribution in [3.05, 3.63) is 39.9 Å². The Balaban J connectivity index is 1.85. The number of rotatable bonds is 6. The van der Waals surface area contributed by atoms with E-state index < -0.39 is 0 Å². The molecule has 0 saturated carbocycles. The van der Waals surface area contributed by atoms with E-state index >= 15 is 0 Å². The quantitative estimate of drug-likeness (QED) is 0.644. The molecule has 1 aliphatic rings. The van der Waals surface area contributed by atoms with Crippen LogP contribution in [0.25, 0.3) is 0 Å². The Morgan fingerprint density at radius 3 is 2.71 bits per heavy atom. The standard InChI is InChI=1S/C15H21N3O3/c1-12(13-6-2-3-7-14(13)18(20)21)16-9-8-15(19)17-10-4-5-11-17/h2-3,6-7,12,16H,4-5,8-11H2,1H3. The number of hydrogen-bond acceptors (Lipinski definition) is 4. The Morgan fingerprint density at radius 2 is 2.05 bits per heavy atom. The van der Waals surface area contributed by atoms with Gasteiger partial charge in [0, 0.05) is 43.7 Å². The first-order valence-corrected chi connectivity index (χ1v) is 7.34. The molecule has 1 aromatic carbocycles. The molecule has 0 aromatic heterocycles. The lowest BCUT2D eigenvalue weighted by molar-refractivity contribution is -0.385. The number of nitro benzene ring substituents is 1. The van der Waals surface area contributed by atoms with Gasteiger partial charge in [-0.25, -0.2) is 0 Å². The highest BCUT2D eigenvalue weighted by Gasteiger charge is 2.20. The van der Waals surface area contributed by atoms with Crippen LogP contribution in [0.3, 0.4) is 0 Å². The van der Waals surface area contributed by atoms with Gasteiger partial charge < -0.3 is 10.2 Å². The van der Waals surface area contributed by atoms with Crippen LogP contribution in [-0.2, 0) is 4.79 Å². The number of nitro groups is 1. The van der Waals surface area contributed by atoms with Gasteiger partial charge in [0.1, 0.15) is 0 Å². The number of hydrogen-bond donors (Lipinski definition) is 1. The van der Waals surface area contributed by atoms with Gasteiger partial charge in [-0.2, -0.15) is 0 Å². The summed E-state index contributed by atoms with van der Waals surface area (Å²) in [5.41, 5.74) is 0.763. The lowest BCUT2D eigenvalue weighted by Gasteiger charge is -2.17. The molecule has 0 radical (unpaired) electrons. The minimum absolute atomic E-state index is 0.114. The molecule has 1 aromatic rings. The van der Waals surface area contributed by atoms with Crippen molar-refractivity contribution in [3.63, 3.8) is 0 Å². The van der Waals surface area contributed by atoms with Gasteiger partial charge in [-0.15, -0.1) is 0 Å². The fourth-order valence-electron chi connectivity index (χ4n) is 2.65. The third-order valence-corrected chi connectivity index (χ3v) is 3.85. The summed E-state index contributed by atoms with van der Waals surface area (Å²) in [6, 6.07) is 6.54. The third kappa shape index (κ3) is 4.01. The number of carbonyl (C=O) groups is 1. The van der Waals surface area contributed by atoms with E-state index in [0.717, 1.165) is 25.9 Å². The smallest absolute Gasteiger partial charge is 0.274 e. The molecule has 6 heteroatoms. The summed E-state index contributed by atoms with van der Waals surface area (Å²) in [5, 5.41) is 14.2. The van der Waals surface area contributed by atoms with Gasteiger partial charge in [-0.3, -0.25) is 14.9 Å². The van der Waals surface area contributed by atoms with E-state index in [9.17, 15) is 14.9 Å². The topological polar surface area (TPSA) is 75.5 Å². The zero-order valence-electron chi connectivity index (χ0n) is 12.2. The molecule has 1 amide bonds. The number of nitrogens with zero attached hydrogens (tertiary/aromatic N) is 2. The molecule has 0 aliphatic carbocycles. The highest BCUT2D eigenvalue weighted by Crippen LogP contribution is 2.24. The Morgan fingerprint density at radius 1 is 1.38 bits per heavy atom. The van der Waals surface area contributed by atoms with Crippen LogP contribution >= 0.6 is 0 Å².